The highest BCUT2D eigenvalue weighted by Crippen LogP contribution is 2.59. The summed E-state index contributed by atoms with van der Waals surface area (Å²) in [5, 5.41) is 10.9. The van der Waals surface area contributed by atoms with Crippen LogP contribution in [0.5, 0.6) is 0 Å². The highest BCUT2D eigenvalue weighted by molar-refractivity contribution is 5.69. The van der Waals surface area contributed by atoms with Crippen LogP contribution < -0.4 is 0 Å². The molecule has 23 heavy (non-hydrogen) atoms. The van der Waals surface area contributed by atoms with E-state index in [1.807, 2.05) is 13.0 Å². The Labute approximate surface area is 140 Å². The summed E-state index contributed by atoms with van der Waals surface area (Å²) in [7, 11) is 0. The lowest BCUT2D eigenvalue weighted by atomic mass is 9.59. The minimum atomic E-state index is -0.399. The van der Waals surface area contributed by atoms with Gasteiger partial charge in [0.2, 0.25) is 0 Å². The van der Waals surface area contributed by atoms with Crippen molar-refractivity contribution in [2.75, 3.05) is 6.61 Å². The maximum absolute atomic E-state index is 11.8. The Hall–Kier alpha value is -1.09. The number of fused-ring (bicyclic) bond motifs is 1. The number of aliphatic hydroxyl groups is 1. The zero-order valence-electron chi connectivity index (χ0n) is 15.0. The van der Waals surface area contributed by atoms with Gasteiger partial charge in [0.1, 0.15) is 0 Å². The molecule has 2 saturated carbocycles. The number of carbonyl (C=O) groups excluding carboxylic acids is 1. The van der Waals surface area contributed by atoms with Crippen LogP contribution in [0.1, 0.15) is 53.4 Å². The normalized spacial score (nSPS) is 40.6. The summed E-state index contributed by atoms with van der Waals surface area (Å²) in [6.07, 6.45) is 6.98. The predicted molar refractivity (Wildman–Crippen MR) is 92.8 cm³/mol. The molecule has 0 aromatic carbocycles. The molecule has 130 valence electrons. The molecule has 0 amide bonds. The maximum atomic E-state index is 11.8. The van der Waals surface area contributed by atoms with Crippen LogP contribution in [0.4, 0.5) is 0 Å². The van der Waals surface area contributed by atoms with Crippen molar-refractivity contribution < 1.29 is 14.6 Å². The van der Waals surface area contributed by atoms with E-state index in [2.05, 4.69) is 33.4 Å². The quantitative estimate of drug-likeness (QED) is 0.612. The molecule has 0 saturated heterocycles. The van der Waals surface area contributed by atoms with E-state index < -0.39 is 6.10 Å². The molecule has 0 aromatic heterocycles. The van der Waals surface area contributed by atoms with Crippen molar-refractivity contribution in [1.82, 2.24) is 0 Å². The molecule has 0 unspecified atom stereocenters. The number of ether oxygens (including phenoxy) is 1. The molecule has 1 N–H and O–H groups in total. The Morgan fingerprint density at radius 3 is 2.78 bits per heavy atom. The summed E-state index contributed by atoms with van der Waals surface area (Å²) in [5.41, 5.74) is 1.32. The van der Waals surface area contributed by atoms with E-state index in [0.717, 1.165) is 19.3 Å². The van der Waals surface area contributed by atoms with Crippen LogP contribution in [0.25, 0.3) is 0 Å². The highest BCUT2D eigenvalue weighted by atomic mass is 16.5. The molecule has 2 fully saturated rings. The van der Waals surface area contributed by atoms with E-state index in [4.69, 9.17) is 4.74 Å². The van der Waals surface area contributed by atoms with E-state index in [1.54, 1.807) is 0 Å². The molecular weight excluding hydrogens is 288 g/mol. The summed E-state index contributed by atoms with van der Waals surface area (Å²) in [6.45, 7) is 12.8. The van der Waals surface area contributed by atoms with E-state index >= 15 is 0 Å². The van der Waals surface area contributed by atoms with Gasteiger partial charge in [-0.2, -0.15) is 0 Å². The summed E-state index contributed by atoms with van der Waals surface area (Å²) in [6, 6.07) is 0. The van der Waals surface area contributed by atoms with E-state index in [1.165, 1.54) is 5.57 Å². The molecule has 2 aliphatic carbocycles. The standard InChI is InChI=1S/C20H32O3/c1-6-8-13(3)16-9-10-20(5)17(14(16)4)11-15(19(20)22)12-18(21)23-7-2/h6,8,14-17,19,22H,1,7,9-12H2,2-5H3/b13-8+/t14-,15-,16-,17+,19+,20+/m1/s1. The third-order valence-electron chi connectivity index (χ3n) is 6.49. The van der Waals surface area contributed by atoms with Crippen molar-refractivity contribution in [2.24, 2.45) is 29.1 Å². The van der Waals surface area contributed by atoms with Crippen LogP contribution in [-0.4, -0.2) is 23.8 Å². The largest absolute Gasteiger partial charge is 0.466 e. The Balaban J connectivity index is 2.15. The number of carbonyl (C=O) groups is 1. The van der Waals surface area contributed by atoms with Gasteiger partial charge in [0.25, 0.3) is 0 Å². The van der Waals surface area contributed by atoms with Crippen LogP contribution in [0.3, 0.4) is 0 Å². The average Bonchev–Trinajstić information content (AvgIpc) is 2.73. The fraction of sp³-hybridized carbons (Fsp3) is 0.750. The molecule has 0 spiro atoms. The molecule has 2 rings (SSSR count). The van der Waals surface area contributed by atoms with Gasteiger partial charge in [-0.3, -0.25) is 4.79 Å². The number of hydrogen-bond acceptors (Lipinski definition) is 3. The van der Waals surface area contributed by atoms with Crippen molar-refractivity contribution in [1.29, 1.82) is 0 Å². The molecule has 3 heteroatoms. The summed E-state index contributed by atoms with van der Waals surface area (Å²) >= 11 is 0. The van der Waals surface area contributed by atoms with Gasteiger partial charge in [0.05, 0.1) is 19.1 Å². The van der Waals surface area contributed by atoms with Gasteiger partial charge >= 0.3 is 5.97 Å². The first-order chi connectivity index (χ1) is 10.8. The van der Waals surface area contributed by atoms with Crippen LogP contribution in [0.15, 0.2) is 24.3 Å². The number of hydrogen-bond donors (Lipinski definition) is 1. The molecule has 0 aromatic rings. The van der Waals surface area contributed by atoms with Gasteiger partial charge in [0.15, 0.2) is 0 Å². The van der Waals surface area contributed by atoms with Gasteiger partial charge in [-0.1, -0.05) is 38.2 Å². The lowest BCUT2D eigenvalue weighted by Crippen LogP contribution is -2.43. The van der Waals surface area contributed by atoms with Crippen molar-refractivity contribution in [3.8, 4) is 0 Å². The summed E-state index contributed by atoms with van der Waals surface area (Å²) in [4.78, 5) is 11.8. The Morgan fingerprint density at radius 2 is 2.17 bits per heavy atom. The zero-order chi connectivity index (χ0) is 17.2. The van der Waals surface area contributed by atoms with Gasteiger partial charge < -0.3 is 9.84 Å². The first kappa shape index (κ1) is 18.3. The number of allylic oxidation sites excluding steroid dienone is 3. The number of rotatable bonds is 5. The van der Waals surface area contributed by atoms with E-state index in [9.17, 15) is 9.90 Å². The van der Waals surface area contributed by atoms with Crippen LogP contribution >= 0.6 is 0 Å². The summed E-state index contributed by atoms with van der Waals surface area (Å²) < 4.78 is 5.09. The van der Waals surface area contributed by atoms with Crippen molar-refractivity contribution in [2.45, 2.75) is 59.5 Å². The maximum Gasteiger partial charge on any atom is 0.306 e. The van der Waals surface area contributed by atoms with Crippen LogP contribution in [0.2, 0.25) is 0 Å². The first-order valence-corrected chi connectivity index (χ1v) is 8.98. The molecule has 0 heterocycles. The van der Waals surface area contributed by atoms with Crippen molar-refractivity contribution >= 4 is 5.97 Å². The smallest absolute Gasteiger partial charge is 0.306 e. The lowest BCUT2D eigenvalue weighted by Gasteiger charge is -2.47. The SMILES string of the molecule is C=C/C=C(\C)[C@H]1CC[C@]2(C)[C@@H](O)[C@@H](CC(=O)OCC)C[C@H]2[C@@H]1C. The molecule has 0 bridgehead atoms. The first-order valence-electron chi connectivity index (χ1n) is 8.98. The van der Waals surface area contributed by atoms with Gasteiger partial charge in [-0.05, 0) is 62.2 Å². The predicted octanol–water partition coefficient (Wildman–Crippen LogP) is 4.12. The second kappa shape index (κ2) is 7.21. The minimum Gasteiger partial charge on any atom is -0.466 e. The third-order valence-corrected chi connectivity index (χ3v) is 6.49. The molecular formula is C20H32O3. The lowest BCUT2D eigenvalue weighted by molar-refractivity contribution is -0.145. The third kappa shape index (κ3) is 3.40. The van der Waals surface area contributed by atoms with Gasteiger partial charge in [0, 0.05) is 0 Å². The second-order valence-electron chi connectivity index (χ2n) is 7.71. The molecule has 2 aliphatic rings. The number of aliphatic hydroxyl groups excluding tert-OH is 1. The Morgan fingerprint density at radius 1 is 1.48 bits per heavy atom. The van der Waals surface area contributed by atoms with Crippen LogP contribution in [-0.2, 0) is 9.53 Å². The molecule has 3 nitrogen and oxygen atoms in total. The zero-order valence-corrected chi connectivity index (χ0v) is 15.0. The Bertz CT molecular complexity index is 481. The van der Waals surface area contributed by atoms with Gasteiger partial charge in [-0.15, -0.1) is 0 Å². The molecule has 0 aliphatic heterocycles. The molecule has 6 atom stereocenters. The van der Waals surface area contributed by atoms with Gasteiger partial charge in [-0.25, -0.2) is 0 Å². The average molecular weight is 320 g/mol. The van der Waals surface area contributed by atoms with Crippen molar-refractivity contribution in [3.05, 3.63) is 24.3 Å². The van der Waals surface area contributed by atoms with E-state index in [0.29, 0.717) is 30.8 Å². The fourth-order valence-corrected chi connectivity index (χ4v) is 5.22. The highest BCUT2D eigenvalue weighted by Gasteiger charge is 2.56. The van der Waals surface area contributed by atoms with Crippen molar-refractivity contribution in [3.63, 3.8) is 0 Å². The minimum absolute atomic E-state index is 0.0361. The molecule has 0 radical (unpaired) electrons. The fourth-order valence-electron chi connectivity index (χ4n) is 5.22. The monoisotopic (exact) mass is 320 g/mol. The summed E-state index contributed by atoms with van der Waals surface area (Å²) in [5.74, 6) is 1.40. The van der Waals surface area contributed by atoms with E-state index in [-0.39, 0.29) is 17.3 Å². The topological polar surface area (TPSA) is 46.5 Å². The van der Waals surface area contributed by atoms with Crippen LogP contribution in [0, 0.1) is 29.1 Å². The second-order valence-corrected chi connectivity index (χ2v) is 7.71. The Kier molecular flexibility index (Phi) is 5.72. The number of esters is 1.